The largest absolute Gasteiger partial charge is 0.315 e. The van der Waals surface area contributed by atoms with Crippen LogP contribution in [0.2, 0.25) is 0 Å². The summed E-state index contributed by atoms with van der Waals surface area (Å²) in [4.78, 5) is 0. The summed E-state index contributed by atoms with van der Waals surface area (Å²) in [6.07, 6.45) is 0. The molecule has 16 heavy (non-hydrogen) atoms. The Morgan fingerprint density at radius 2 is 1.94 bits per heavy atom. The number of rotatable bonds is 1. The molecule has 0 atom stereocenters. The Bertz CT molecular complexity index is 508. The van der Waals surface area contributed by atoms with Crippen molar-refractivity contribution in [3.8, 4) is 0 Å². The monoisotopic (exact) mass is 237 g/mol. The van der Waals surface area contributed by atoms with E-state index < -0.39 is 0 Å². The number of fused-ring (bicyclic) bond motifs is 1. The molecule has 3 rings (SSSR count). The van der Waals surface area contributed by atoms with Crippen molar-refractivity contribution in [3.05, 3.63) is 47.8 Å². The van der Waals surface area contributed by atoms with Gasteiger partial charge in [0.15, 0.2) is 0 Å². The summed E-state index contributed by atoms with van der Waals surface area (Å²) >= 11 is 0. The Kier molecular flexibility index (Phi) is 3.13. The van der Waals surface area contributed by atoms with Crippen molar-refractivity contribution in [3.63, 3.8) is 0 Å². The fourth-order valence-corrected chi connectivity index (χ4v) is 2.14. The van der Waals surface area contributed by atoms with Crippen LogP contribution in [0.5, 0.6) is 0 Å². The highest BCUT2D eigenvalue weighted by Gasteiger charge is 2.20. The Morgan fingerprint density at radius 3 is 2.62 bits per heavy atom. The van der Waals surface area contributed by atoms with E-state index >= 15 is 0 Å². The number of benzene rings is 2. The van der Waals surface area contributed by atoms with Crippen LogP contribution < -0.4 is 5.32 Å². The zero-order valence-corrected chi connectivity index (χ0v) is 9.56. The van der Waals surface area contributed by atoms with E-state index in [1.807, 2.05) is 18.2 Å². The van der Waals surface area contributed by atoms with Gasteiger partial charge in [0.25, 0.3) is 0 Å². The Labute approximate surface area is 100 Å². The molecule has 84 valence electrons. The quantitative estimate of drug-likeness (QED) is 0.804. The normalized spacial score (nSPS) is 15.6. The zero-order valence-electron chi connectivity index (χ0n) is 8.74. The average Bonchev–Trinajstić information content (AvgIpc) is 2.15. The minimum atomic E-state index is -0.161. The van der Waals surface area contributed by atoms with Crippen LogP contribution in [0.1, 0.15) is 11.5 Å². The Morgan fingerprint density at radius 1 is 1.12 bits per heavy atom. The van der Waals surface area contributed by atoms with Gasteiger partial charge in [-0.1, -0.05) is 24.3 Å². The first-order chi connectivity index (χ1) is 7.34. The molecule has 1 aliphatic rings. The molecule has 0 bridgehead atoms. The average molecular weight is 238 g/mol. The second-order valence-electron chi connectivity index (χ2n) is 4.07. The van der Waals surface area contributed by atoms with Gasteiger partial charge in [-0.15, -0.1) is 12.4 Å². The highest BCUT2D eigenvalue weighted by atomic mass is 35.5. The van der Waals surface area contributed by atoms with Gasteiger partial charge in [-0.05, 0) is 28.5 Å². The standard InChI is InChI=1S/C13H12FN.ClH/c14-11-4-5-13-9(6-11)2-1-3-12(13)10-7-15-8-10;/h1-6,10,15H,7-8H2;1H. The number of halogens is 2. The Hall–Kier alpha value is -1.12. The van der Waals surface area contributed by atoms with Crippen LogP contribution in [0.3, 0.4) is 0 Å². The second-order valence-corrected chi connectivity index (χ2v) is 4.07. The fraction of sp³-hybridized carbons (Fsp3) is 0.231. The van der Waals surface area contributed by atoms with E-state index in [0.29, 0.717) is 5.92 Å². The summed E-state index contributed by atoms with van der Waals surface area (Å²) in [6, 6.07) is 11.1. The molecule has 2 aromatic rings. The smallest absolute Gasteiger partial charge is 0.123 e. The third-order valence-electron chi connectivity index (χ3n) is 3.10. The minimum absolute atomic E-state index is 0. The first kappa shape index (κ1) is 11.4. The summed E-state index contributed by atoms with van der Waals surface area (Å²) in [7, 11) is 0. The van der Waals surface area contributed by atoms with Crippen molar-refractivity contribution >= 4 is 23.2 Å². The van der Waals surface area contributed by atoms with E-state index in [1.54, 1.807) is 6.07 Å². The molecule has 1 saturated heterocycles. The summed E-state index contributed by atoms with van der Waals surface area (Å²) in [5.74, 6) is 0.436. The molecule has 1 nitrogen and oxygen atoms in total. The lowest BCUT2D eigenvalue weighted by Crippen LogP contribution is -2.39. The van der Waals surface area contributed by atoms with Crippen LogP contribution in [0.15, 0.2) is 36.4 Å². The van der Waals surface area contributed by atoms with Crippen molar-refractivity contribution in [2.45, 2.75) is 5.92 Å². The van der Waals surface area contributed by atoms with Gasteiger partial charge < -0.3 is 5.32 Å². The van der Waals surface area contributed by atoms with Crippen LogP contribution in [0, 0.1) is 5.82 Å². The van der Waals surface area contributed by atoms with Crippen LogP contribution in [-0.2, 0) is 0 Å². The van der Waals surface area contributed by atoms with E-state index in [2.05, 4.69) is 11.4 Å². The third-order valence-corrected chi connectivity index (χ3v) is 3.10. The van der Waals surface area contributed by atoms with Gasteiger partial charge in [0.2, 0.25) is 0 Å². The minimum Gasteiger partial charge on any atom is -0.315 e. The molecular formula is C13H13ClFN. The van der Waals surface area contributed by atoms with Gasteiger partial charge in [0.05, 0.1) is 0 Å². The maximum Gasteiger partial charge on any atom is 0.123 e. The lowest BCUT2D eigenvalue weighted by Gasteiger charge is -2.28. The molecule has 3 heteroatoms. The number of hydrogen-bond acceptors (Lipinski definition) is 1. The highest BCUT2D eigenvalue weighted by Crippen LogP contribution is 2.28. The molecule has 1 aliphatic heterocycles. The first-order valence-electron chi connectivity index (χ1n) is 5.23. The first-order valence-corrected chi connectivity index (χ1v) is 5.23. The van der Waals surface area contributed by atoms with Crippen LogP contribution in [0.25, 0.3) is 10.8 Å². The van der Waals surface area contributed by atoms with E-state index in [0.717, 1.165) is 18.5 Å². The number of hydrogen-bond donors (Lipinski definition) is 1. The molecule has 0 unspecified atom stereocenters. The van der Waals surface area contributed by atoms with Crippen LogP contribution in [-0.4, -0.2) is 13.1 Å². The molecule has 0 spiro atoms. The van der Waals surface area contributed by atoms with Gasteiger partial charge in [0.1, 0.15) is 5.82 Å². The Balaban J connectivity index is 0.000000963. The molecule has 0 radical (unpaired) electrons. The van der Waals surface area contributed by atoms with E-state index in [9.17, 15) is 4.39 Å². The lowest BCUT2D eigenvalue weighted by atomic mass is 9.89. The summed E-state index contributed by atoms with van der Waals surface area (Å²) in [5.41, 5.74) is 1.34. The predicted molar refractivity (Wildman–Crippen MR) is 66.8 cm³/mol. The molecular weight excluding hydrogens is 225 g/mol. The van der Waals surface area contributed by atoms with Crippen molar-refractivity contribution in [2.24, 2.45) is 0 Å². The van der Waals surface area contributed by atoms with Crippen molar-refractivity contribution < 1.29 is 4.39 Å². The summed E-state index contributed by atoms with van der Waals surface area (Å²) < 4.78 is 13.1. The van der Waals surface area contributed by atoms with Crippen LogP contribution in [0.4, 0.5) is 4.39 Å². The highest BCUT2D eigenvalue weighted by molar-refractivity contribution is 5.86. The van der Waals surface area contributed by atoms with Crippen molar-refractivity contribution in [1.82, 2.24) is 5.32 Å². The van der Waals surface area contributed by atoms with Gasteiger partial charge in [0, 0.05) is 19.0 Å². The molecule has 1 heterocycles. The van der Waals surface area contributed by atoms with E-state index in [4.69, 9.17) is 0 Å². The zero-order chi connectivity index (χ0) is 10.3. The van der Waals surface area contributed by atoms with Gasteiger partial charge in [-0.25, -0.2) is 4.39 Å². The van der Waals surface area contributed by atoms with Gasteiger partial charge >= 0.3 is 0 Å². The van der Waals surface area contributed by atoms with Crippen molar-refractivity contribution in [2.75, 3.05) is 13.1 Å². The van der Waals surface area contributed by atoms with E-state index in [1.165, 1.54) is 17.0 Å². The maximum absolute atomic E-state index is 13.1. The topological polar surface area (TPSA) is 12.0 Å². The summed E-state index contributed by atoms with van der Waals surface area (Å²) in [6.45, 7) is 2.08. The maximum atomic E-state index is 13.1. The fourth-order valence-electron chi connectivity index (χ4n) is 2.14. The summed E-state index contributed by atoms with van der Waals surface area (Å²) in [5, 5.41) is 5.45. The van der Waals surface area contributed by atoms with Crippen molar-refractivity contribution in [1.29, 1.82) is 0 Å². The van der Waals surface area contributed by atoms with Gasteiger partial charge in [-0.2, -0.15) is 0 Å². The SMILES string of the molecule is Cl.Fc1ccc2c(C3CNC3)cccc2c1. The molecule has 0 aromatic heterocycles. The molecule has 0 saturated carbocycles. The molecule has 1 N–H and O–H groups in total. The molecule has 2 aromatic carbocycles. The third kappa shape index (κ3) is 1.79. The number of nitrogens with one attached hydrogen (secondary N) is 1. The molecule has 0 amide bonds. The lowest BCUT2D eigenvalue weighted by molar-refractivity contribution is 0.451. The van der Waals surface area contributed by atoms with E-state index in [-0.39, 0.29) is 18.2 Å². The predicted octanol–water partition coefficient (Wildman–Crippen LogP) is 3.09. The molecule has 0 aliphatic carbocycles. The van der Waals surface area contributed by atoms with Gasteiger partial charge in [-0.3, -0.25) is 0 Å². The molecule has 1 fully saturated rings. The second kappa shape index (κ2) is 4.40. The van der Waals surface area contributed by atoms with Crippen LogP contribution >= 0.6 is 12.4 Å².